The Morgan fingerprint density at radius 1 is 1.39 bits per heavy atom. The molecule has 2 aromatic rings. The Morgan fingerprint density at radius 3 is 2.78 bits per heavy atom. The predicted octanol–water partition coefficient (Wildman–Crippen LogP) is 1.63. The maximum Gasteiger partial charge on any atom is 0.180 e. The topological polar surface area (TPSA) is 91.7 Å². The predicted molar refractivity (Wildman–Crippen MR) is 69.9 cm³/mol. The van der Waals surface area contributed by atoms with Crippen LogP contribution in [-0.4, -0.2) is 21.1 Å². The number of pyridine rings is 1. The first-order valence-electron chi connectivity index (χ1n) is 5.30. The van der Waals surface area contributed by atoms with Gasteiger partial charge in [-0.25, -0.2) is 0 Å². The number of aliphatic hydroxyl groups is 1. The van der Waals surface area contributed by atoms with Crippen LogP contribution in [0.5, 0.6) is 0 Å². The molecule has 2 heterocycles. The van der Waals surface area contributed by atoms with Crippen LogP contribution in [0.25, 0.3) is 0 Å². The molecule has 0 spiro atoms. The molecule has 0 aromatic carbocycles. The van der Waals surface area contributed by atoms with Crippen LogP contribution in [0.4, 0.5) is 0 Å². The van der Waals surface area contributed by atoms with E-state index in [1.165, 1.54) is 11.3 Å². The molecule has 0 saturated heterocycles. The molecule has 6 heteroatoms. The Bertz CT molecular complexity index is 563. The van der Waals surface area contributed by atoms with Crippen LogP contribution in [0.15, 0.2) is 35.6 Å². The van der Waals surface area contributed by atoms with Gasteiger partial charge < -0.3 is 16.0 Å². The first-order chi connectivity index (χ1) is 8.61. The largest absolute Gasteiger partial charge is 0.409 e. The SMILES string of the molecule is Cc1ccc(C(O)c2ccc(C(N)=NO)s2)nc1. The van der Waals surface area contributed by atoms with Crippen molar-refractivity contribution in [1.82, 2.24) is 4.98 Å². The highest BCUT2D eigenvalue weighted by molar-refractivity contribution is 7.14. The van der Waals surface area contributed by atoms with Crippen molar-refractivity contribution in [3.05, 3.63) is 51.5 Å². The van der Waals surface area contributed by atoms with E-state index in [2.05, 4.69) is 10.1 Å². The molecule has 0 bridgehead atoms. The third kappa shape index (κ3) is 2.49. The van der Waals surface area contributed by atoms with Gasteiger partial charge in [-0.3, -0.25) is 4.98 Å². The molecule has 0 amide bonds. The van der Waals surface area contributed by atoms with Gasteiger partial charge in [-0.05, 0) is 30.7 Å². The van der Waals surface area contributed by atoms with Crippen LogP contribution >= 0.6 is 11.3 Å². The highest BCUT2D eigenvalue weighted by Crippen LogP contribution is 2.27. The van der Waals surface area contributed by atoms with E-state index < -0.39 is 6.10 Å². The lowest BCUT2D eigenvalue weighted by atomic mass is 10.2. The van der Waals surface area contributed by atoms with Crippen molar-refractivity contribution < 1.29 is 10.3 Å². The fraction of sp³-hybridized carbons (Fsp3) is 0.167. The van der Waals surface area contributed by atoms with Crippen LogP contribution in [0, 0.1) is 6.92 Å². The molecule has 1 atom stereocenters. The summed E-state index contributed by atoms with van der Waals surface area (Å²) >= 11 is 1.27. The normalized spacial score (nSPS) is 13.6. The summed E-state index contributed by atoms with van der Waals surface area (Å²) in [5.74, 6) is 0.0373. The van der Waals surface area contributed by atoms with E-state index in [9.17, 15) is 5.11 Å². The Balaban J connectivity index is 2.26. The average Bonchev–Trinajstić information content (AvgIpc) is 2.87. The quantitative estimate of drug-likeness (QED) is 0.339. The first-order valence-corrected chi connectivity index (χ1v) is 6.11. The molecular weight excluding hydrogens is 250 g/mol. The van der Waals surface area contributed by atoms with Crippen molar-refractivity contribution in [2.75, 3.05) is 0 Å². The van der Waals surface area contributed by atoms with Gasteiger partial charge in [-0.15, -0.1) is 11.3 Å². The van der Waals surface area contributed by atoms with Crippen molar-refractivity contribution in [3.63, 3.8) is 0 Å². The number of thiophene rings is 1. The van der Waals surface area contributed by atoms with Gasteiger partial charge in [-0.2, -0.15) is 0 Å². The third-order valence-electron chi connectivity index (χ3n) is 2.47. The van der Waals surface area contributed by atoms with Gasteiger partial charge in [-0.1, -0.05) is 11.2 Å². The highest BCUT2D eigenvalue weighted by Gasteiger charge is 2.15. The lowest BCUT2D eigenvalue weighted by Gasteiger charge is -2.07. The molecule has 2 aromatic heterocycles. The molecule has 0 saturated carbocycles. The maximum absolute atomic E-state index is 10.2. The molecule has 2 rings (SSSR count). The van der Waals surface area contributed by atoms with Crippen molar-refractivity contribution in [2.45, 2.75) is 13.0 Å². The van der Waals surface area contributed by atoms with Gasteiger partial charge in [0, 0.05) is 11.1 Å². The summed E-state index contributed by atoms with van der Waals surface area (Å²) < 4.78 is 0. The number of aryl methyl sites for hydroxylation is 1. The summed E-state index contributed by atoms with van der Waals surface area (Å²) in [5.41, 5.74) is 7.09. The van der Waals surface area contributed by atoms with E-state index in [0.717, 1.165) is 5.56 Å². The standard InChI is InChI=1S/C12H13N3O2S/c1-7-2-3-8(14-6-7)11(16)9-4-5-10(18-9)12(13)15-17/h2-6,11,16-17H,1H3,(H2,13,15). The van der Waals surface area contributed by atoms with Crippen LogP contribution in [0.3, 0.4) is 0 Å². The summed E-state index contributed by atoms with van der Waals surface area (Å²) in [5, 5.41) is 21.7. The summed E-state index contributed by atoms with van der Waals surface area (Å²) in [6.45, 7) is 1.94. The summed E-state index contributed by atoms with van der Waals surface area (Å²) in [6, 6.07) is 7.11. The maximum atomic E-state index is 10.2. The summed E-state index contributed by atoms with van der Waals surface area (Å²) in [4.78, 5) is 5.49. The number of aromatic nitrogens is 1. The van der Waals surface area contributed by atoms with Crippen LogP contribution in [0.2, 0.25) is 0 Å². The van der Waals surface area contributed by atoms with Crippen LogP contribution in [0.1, 0.15) is 27.1 Å². The molecule has 4 N–H and O–H groups in total. The second kappa shape index (κ2) is 5.16. The Hall–Kier alpha value is -1.92. The van der Waals surface area contributed by atoms with Crippen molar-refractivity contribution >= 4 is 17.2 Å². The molecular formula is C12H13N3O2S. The van der Waals surface area contributed by atoms with Gasteiger partial charge in [0.2, 0.25) is 0 Å². The molecule has 18 heavy (non-hydrogen) atoms. The van der Waals surface area contributed by atoms with Crippen molar-refractivity contribution in [2.24, 2.45) is 10.9 Å². The Labute approximate surface area is 108 Å². The summed E-state index contributed by atoms with van der Waals surface area (Å²) in [6.07, 6.45) is 0.909. The van der Waals surface area contributed by atoms with E-state index in [-0.39, 0.29) is 5.84 Å². The number of amidine groups is 1. The highest BCUT2D eigenvalue weighted by atomic mass is 32.1. The number of hydrogen-bond donors (Lipinski definition) is 3. The van der Waals surface area contributed by atoms with E-state index in [1.807, 2.05) is 13.0 Å². The number of aliphatic hydroxyl groups excluding tert-OH is 1. The fourth-order valence-corrected chi connectivity index (χ4v) is 2.38. The van der Waals surface area contributed by atoms with Gasteiger partial charge in [0.05, 0.1) is 10.6 Å². The number of rotatable bonds is 3. The Morgan fingerprint density at radius 2 is 2.17 bits per heavy atom. The first kappa shape index (κ1) is 12.5. The zero-order valence-corrected chi connectivity index (χ0v) is 10.6. The smallest absolute Gasteiger partial charge is 0.180 e. The van der Waals surface area contributed by atoms with E-state index in [1.54, 1.807) is 24.4 Å². The minimum Gasteiger partial charge on any atom is -0.409 e. The molecule has 0 fully saturated rings. The van der Waals surface area contributed by atoms with E-state index in [4.69, 9.17) is 10.9 Å². The van der Waals surface area contributed by atoms with Gasteiger partial charge in [0.1, 0.15) is 6.10 Å². The second-order valence-corrected chi connectivity index (χ2v) is 4.97. The Kier molecular flexibility index (Phi) is 3.59. The number of oxime groups is 1. The molecule has 1 unspecified atom stereocenters. The van der Waals surface area contributed by atoms with Crippen molar-refractivity contribution in [3.8, 4) is 0 Å². The van der Waals surface area contributed by atoms with Crippen LogP contribution in [-0.2, 0) is 0 Å². The second-order valence-electron chi connectivity index (χ2n) is 3.85. The molecule has 0 aliphatic heterocycles. The number of nitrogens with two attached hydrogens (primary N) is 1. The lowest BCUT2D eigenvalue weighted by molar-refractivity contribution is 0.219. The molecule has 94 valence electrons. The third-order valence-corrected chi connectivity index (χ3v) is 3.63. The minimum absolute atomic E-state index is 0.0373. The molecule has 0 radical (unpaired) electrons. The molecule has 0 aliphatic carbocycles. The van der Waals surface area contributed by atoms with Crippen LogP contribution < -0.4 is 5.73 Å². The van der Waals surface area contributed by atoms with Gasteiger partial charge >= 0.3 is 0 Å². The van der Waals surface area contributed by atoms with Gasteiger partial charge in [0.25, 0.3) is 0 Å². The van der Waals surface area contributed by atoms with Gasteiger partial charge in [0.15, 0.2) is 5.84 Å². The fourth-order valence-electron chi connectivity index (χ4n) is 1.47. The summed E-state index contributed by atoms with van der Waals surface area (Å²) in [7, 11) is 0. The average molecular weight is 263 g/mol. The molecule has 5 nitrogen and oxygen atoms in total. The number of hydrogen-bond acceptors (Lipinski definition) is 5. The molecule has 0 aliphatic rings. The lowest BCUT2D eigenvalue weighted by Crippen LogP contribution is -2.10. The van der Waals surface area contributed by atoms with Crippen molar-refractivity contribution in [1.29, 1.82) is 0 Å². The monoisotopic (exact) mass is 263 g/mol. The van der Waals surface area contributed by atoms with E-state index in [0.29, 0.717) is 15.4 Å². The zero-order chi connectivity index (χ0) is 13.1. The number of nitrogens with zero attached hydrogens (tertiary/aromatic N) is 2. The zero-order valence-electron chi connectivity index (χ0n) is 9.74. The minimum atomic E-state index is -0.796. The van der Waals surface area contributed by atoms with E-state index >= 15 is 0 Å².